The van der Waals surface area contributed by atoms with E-state index in [0.717, 1.165) is 17.8 Å². The highest BCUT2D eigenvalue weighted by Gasteiger charge is 2.02. The highest BCUT2D eigenvalue weighted by atomic mass is 16.5. The lowest BCUT2D eigenvalue weighted by molar-refractivity contribution is 0.245. The van der Waals surface area contributed by atoms with Crippen LogP contribution in [0.1, 0.15) is 0 Å². The summed E-state index contributed by atoms with van der Waals surface area (Å²) >= 11 is 0. The number of likely N-dealkylation sites (N-methyl/N-ethyl adjacent to an activating group) is 1. The van der Waals surface area contributed by atoms with Gasteiger partial charge in [0.1, 0.15) is 6.61 Å². The Morgan fingerprint density at radius 1 is 1.11 bits per heavy atom. The normalized spacial score (nSPS) is 10.6. The van der Waals surface area contributed by atoms with E-state index in [0.29, 0.717) is 12.6 Å². The molecule has 1 aromatic heterocycles. The summed E-state index contributed by atoms with van der Waals surface area (Å²) in [5.74, 6) is 0. The van der Waals surface area contributed by atoms with Gasteiger partial charge in [0.05, 0.1) is 5.69 Å². The SMILES string of the molecule is CN(C)CCOc1nccc(-c2ccccc2)n1. The number of ether oxygens (including phenoxy) is 1. The van der Waals surface area contributed by atoms with Crippen LogP contribution in [0.15, 0.2) is 42.6 Å². The van der Waals surface area contributed by atoms with Gasteiger partial charge in [0.15, 0.2) is 0 Å². The fourth-order valence-corrected chi connectivity index (χ4v) is 1.50. The van der Waals surface area contributed by atoms with Crippen molar-refractivity contribution in [1.29, 1.82) is 0 Å². The van der Waals surface area contributed by atoms with Crippen molar-refractivity contribution in [2.24, 2.45) is 0 Å². The number of hydrogen-bond acceptors (Lipinski definition) is 4. The molecule has 0 aliphatic rings. The first-order valence-corrected chi connectivity index (χ1v) is 5.92. The lowest BCUT2D eigenvalue weighted by atomic mass is 10.1. The van der Waals surface area contributed by atoms with Crippen molar-refractivity contribution in [3.8, 4) is 17.3 Å². The van der Waals surface area contributed by atoms with Crippen LogP contribution in [0, 0.1) is 0 Å². The molecular formula is C14H17N3O. The molecule has 0 spiro atoms. The van der Waals surface area contributed by atoms with E-state index in [4.69, 9.17) is 4.74 Å². The van der Waals surface area contributed by atoms with Crippen molar-refractivity contribution >= 4 is 0 Å². The lowest BCUT2D eigenvalue weighted by Crippen LogP contribution is -2.20. The van der Waals surface area contributed by atoms with Crippen molar-refractivity contribution in [2.45, 2.75) is 0 Å². The molecule has 4 nitrogen and oxygen atoms in total. The van der Waals surface area contributed by atoms with Gasteiger partial charge in [-0.1, -0.05) is 30.3 Å². The Balaban J connectivity index is 2.06. The first-order valence-electron chi connectivity index (χ1n) is 5.92. The third-order valence-electron chi connectivity index (χ3n) is 2.47. The molecule has 0 bridgehead atoms. The molecule has 0 saturated carbocycles. The third kappa shape index (κ3) is 3.53. The van der Waals surface area contributed by atoms with Crippen molar-refractivity contribution in [3.63, 3.8) is 0 Å². The number of rotatable bonds is 5. The van der Waals surface area contributed by atoms with E-state index >= 15 is 0 Å². The zero-order chi connectivity index (χ0) is 12.8. The molecule has 2 rings (SSSR count). The maximum absolute atomic E-state index is 5.52. The van der Waals surface area contributed by atoms with Crippen molar-refractivity contribution in [3.05, 3.63) is 42.6 Å². The van der Waals surface area contributed by atoms with Crippen LogP contribution in [-0.2, 0) is 0 Å². The summed E-state index contributed by atoms with van der Waals surface area (Å²) in [6.45, 7) is 1.43. The first-order chi connectivity index (χ1) is 8.75. The number of benzene rings is 1. The second kappa shape index (κ2) is 6.12. The van der Waals surface area contributed by atoms with Crippen LogP contribution in [0.3, 0.4) is 0 Å². The van der Waals surface area contributed by atoms with E-state index in [9.17, 15) is 0 Å². The van der Waals surface area contributed by atoms with E-state index in [2.05, 4.69) is 14.9 Å². The van der Waals surface area contributed by atoms with Gasteiger partial charge in [-0.2, -0.15) is 4.98 Å². The Morgan fingerprint density at radius 2 is 1.89 bits per heavy atom. The molecule has 0 saturated heterocycles. The zero-order valence-corrected chi connectivity index (χ0v) is 10.7. The molecule has 2 aromatic rings. The molecule has 0 atom stereocenters. The van der Waals surface area contributed by atoms with Crippen LogP contribution in [0.4, 0.5) is 0 Å². The molecule has 1 heterocycles. The summed E-state index contributed by atoms with van der Waals surface area (Å²) in [4.78, 5) is 10.6. The Hall–Kier alpha value is -1.94. The van der Waals surface area contributed by atoms with Gasteiger partial charge in [0.2, 0.25) is 0 Å². The smallest absolute Gasteiger partial charge is 0.316 e. The van der Waals surface area contributed by atoms with Gasteiger partial charge in [0, 0.05) is 18.3 Å². The highest BCUT2D eigenvalue weighted by Crippen LogP contribution is 2.17. The standard InChI is InChI=1S/C14H17N3O/c1-17(2)10-11-18-14-15-9-8-13(16-14)12-6-4-3-5-7-12/h3-9H,10-11H2,1-2H3. The second-order valence-corrected chi connectivity index (χ2v) is 4.24. The molecular weight excluding hydrogens is 226 g/mol. The van der Waals surface area contributed by atoms with E-state index in [1.807, 2.05) is 50.5 Å². The summed E-state index contributed by atoms with van der Waals surface area (Å²) in [7, 11) is 4.01. The van der Waals surface area contributed by atoms with Gasteiger partial charge in [0.25, 0.3) is 0 Å². The van der Waals surface area contributed by atoms with Gasteiger partial charge in [-0.25, -0.2) is 4.98 Å². The Labute approximate surface area is 107 Å². The monoisotopic (exact) mass is 243 g/mol. The average molecular weight is 243 g/mol. The van der Waals surface area contributed by atoms with Crippen molar-refractivity contribution in [2.75, 3.05) is 27.2 Å². The largest absolute Gasteiger partial charge is 0.462 e. The topological polar surface area (TPSA) is 38.2 Å². The number of nitrogens with zero attached hydrogens (tertiary/aromatic N) is 3. The highest BCUT2D eigenvalue weighted by molar-refractivity contribution is 5.58. The summed E-state index contributed by atoms with van der Waals surface area (Å²) in [5.41, 5.74) is 1.95. The number of aromatic nitrogens is 2. The number of hydrogen-bond donors (Lipinski definition) is 0. The van der Waals surface area contributed by atoms with E-state index in [-0.39, 0.29) is 0 Å². The first kappa shape index (κ1) is 12.5. The maximum Gasteiger partial charge on any atom is 0.316 e. The van der Waals surface area contributed by atoms with Gasteiger partial charge in [-0.15, -0.1) is 0 Å². The molecule has 0 aliphatic carbocycles. The molecule has 0 unspecified atom stereocenters. The van der Waals surface area contributed by atoms with Crippen LogP contribution in [0.2, 0.25) is 0 Å². The zero-order valence-electron chi connectivity index (χ0n) is 10.7. The van der Waals surface area contributed by atoms with E-state index in [1.54, 1.807) is 6.20 Å². The molecule has 0 fully saturated rings. The van der Waals surface area contributed by atoms with Gasteiger partial charge in [-0.05, 0) is 20.2 Å². The second-order valence-electron chi connectivity index (χ2n) is 4.24. The third-order valence-corrected chi connectivity index (χ3v) is 2.47. The molecule has 1 aromatic carbocycles. The summed E-state index contributed by atoms with van der Waals surface area (Å²) in [6, 6.07) is 12.3. The predicted molar refractivity (Wildman–Crippen MR) is 71.5 cm³/mol. The van der Waals surface area contributed by atoms with Crippen LogP contribution in [0.25, 0.3) is 11.3 Å². The fourth-order valence-electron chi connectivity index (χ4n) is 1.50. The lowest BCUT2D eigenvalue weighted by Gasteiger charge is -2.10. The molecule has 4 heteroatoms. The van der Waals surface area contributed by atoms with Gasteiger partial charge >= 0.3 is 6.01 Å². The van der Waals surface area contributed by atoms with Gasteiger partial charge in [-0.3, -0.25) is 0 Å². The quantitative estimate of drug-likeness (QED) is 0.806. The Bertz CT molecular complexity index is 485. The minimum absolute atomic E-state index is 0.429. The van der Waals surface area contributed by atoms with Crippen LogP contribution < -0.4 is 4.74 Å². The summed E-state index contributed by atoms with van der Waals surface area (Å²) < 4.78 is 5.52. The van der Waals surface area contributed by atoms with Crippen molar-refractivity contribution in [1.82, 2.24) is 14.9 Å². The van der Waals surface area contributed by atoms with Crippen molar-refractivity contribution < 1.29 is 4.74 Å². The molecule has 0 radical (unpaired) electrons. The molecule has 0 N–H and O–H groups in total. The minimum Gasteiger partial charge on any atom is -0.462 e. The maximum atomic E-state index is 5.52. The summed E-state index contributed by atoms with van der Waals surface area (Å²) in [5, 5.41) is 0. The van der Waals surface area contributed by atoms with E-state index in [1.165, 1.54) is 0 Å². The molecule has 94 valence electrons. The molecule has 0 aliphatic heterocycles. The Morgan fingerprint density at radius 3 is 2.61 bits per heavy atom. The average Bonchev–Trinajstić information content (AvgIpc) is 2.40. The Kier molecular flexibility index (Phi) is 4.25. The minimum atomic E-state index is 0.429. The molecule has 0 amide bonds. The summed E-state index contributed by atoms with van der Waals surface area (Å²) in [6.07, 6.45) is 1.72. The molecule has 18 heavy (non-hydrogen) atoms. The van der Waals surface area contributed by atoms with Crippen LogP contribution >= 0.6 is 0 Å². The predicted octanol–water partition coefficient (Wildman–Crippen LogP) is 2.08. The van der Waals surface area contributed by atoms with E-state index < -0.39 is 0 Å². The van der Waals surface area contributed by atoms with Crippen LogP contribution in [0.5, 0.6) is 6.01 Å². The van der Waals surface area contributed by atoms with Gasteiger partial charge < -0.3 is 9.64 Å². The van der Waals surface area contributed by atoms with Crippen LogP contribution in [-0.4, -0.2) is 42.1 Å². The fraction of sp³-hybridized carbons (Fsp3) is 0.286.